The molecule has 2 aromatic rings. The number of nitrogens with zero attached hydrogens (tertiary/aromatic N) is 1. The molecule has 0 bridgehead atoms. The van der Waals surface area contributed by atoms with Crippen molar-refractivity contribution in [2.75, 3.05) is 39.4 Å². The molecule has 0 saturated carbocycles. The molecule has 0 radical (unpaired) electrons. The van der Waals surface area contributed by atoms with Gasteiger partial charge in [-0.1, -0.05) is 18.2 Å². The second kappa shape index (κ2) is 8.93. The first-order valence-corrected chi connectivity index (χ1v) is 8.48. The van der Waals surface area contributed by atoms with Crippen LogP contribution >= 0.6 is 0 Å². The Balaban J connectivity index is 2.23. The Bertz CT molecular complexity index is 834. The van der Waals surface area contributed by atoms with Gasteiger partial charge in [-0.25, -0.2) is 0 Å². The monoisotopic (exact) mass is 371 g/mol. The molecule has 3 N–H and O–H groups in total. The van der Waals surface area contributed by atoms with Crippen molar-refractivity contribution >= 4 is 23.2 Å². The highest BCUT2D eigenvalue weighted by Crippen LogP contribution is 2.34. The molecule has 2 amide bonds. The quantitative estimate of drug-likeness (QED) is 0.730. The summed E-state index contributed by atoms with van der Waals surface area (Å²) in [6, 6.07) is 10.6. The summed E-state index contributed by atoms with van der Waals surface area (Å²) in [4.78, 5) is 26.4. The summed E-state index contributed by atoms with van der Waals surface area (Å²) >= 11 is 0. The highest BCUT2D eigenvalue weighted by Gasteiger charge is 2.20. The minimum absolute atomic E-state index is 0.224. The lowest BCUT2D eigenvalue weighted by Crippen LogP contribution is -2.24. The molecule has 144 valence electrons. The lowest BCUT2D eigenvalue weighted by Gasteiger charge is -2.18. The summed E-state index contributed by atoms with van der Waals surface area (Å²) in [5, 5.41) is 2.80. The molecule has 0 spiro atoms. The summed E-state index contributed by atoms with van der Waals surface area (Å²) in [5.74, 6) is 0.366. The van der Waals surface area contributed by atoms with Gasteiger partial charge in [-0.05, 0) is 24.1 Å². The number of para-hydroxylation sites is 1. The van der Waals surface area contributed by atoms with Crippen LogP contribution in [0.15, 0.2) is 36.4 Å². The van der Waals surface area contributed by atoms with Gasteiger partial charge >= 0.3 is 0 Å². The van der Waals surface area contributed by atoms with E-state index in [0.29, 0.717) is 34.9 Å². The standard InChI is InChI=1S/C20H25N3O4/c1-23(2)20(25)14-11-17(26-3)18(27-4)12-16(14)22-19(24)10-9-13-7-5-6-8-15(13)21/h5-8,11-12H,9-10,21H2,1-4H3,(H,22,24). The van der Waals surface area contributed by atoms with Gasteiger partial charge in [-0.3, -0.25) is 9.59 Å². The topological polar surface area (TPSA) is 93.9 Å². The number of benzene rings is 2. The van der Waals surface area contributed by atoms with E-state index in [-0.39, 0.29) is 18.2 Å². The molecule has 7 heteroatoms. The number of nitrogen functional groups attached to an aromatic ring is 1. The number of hydrogen-bond acceptors (Lipinski definition) is 5. The Labute approximate surface area is 159 Å². The molecule has 27 heavy (non-hydrogen) atoms. The Morgan fingerprint density at radius 3 is 2.30 bits per heavy atom. The van der Waals surface area contributed by atoms with Crippen molar-refractivity contribution in [2.45, 2.75) is 12.8 Å². The van der Waals surface area contributed by atoms with Crippen LogP contribution in [0.3, 0.4) is 0 Å². The van der Waals surface area contributed by atoms with Crippen molar-refractivity contribution in [3.63, 3.8) is 0 Å². The summed E-state index contributed by atoms with van der Waals surface area (Å²) in [6.07, 6.45) is 0.737. The van der Waals surface area contributed by atoms with Crippen LogP contribution in [0, 0.1) is 0 Å². The van der Waals surface area contributed by atoms with E-state index in [9.17, 15) is 9.59 Å². The molecule has 0 fully saturated rings. The number of carbonyl (C=O) groups is 2. The lowest BCUT2D eigenvalue weighted by atomic mass is 10.1. The van der Waals surface area contributed by atoms with Crippen molar-refractivity contribution in [3.05, 3.63) is 47.5 Å². The first kappa shape index (κ1) is 20.1. The van der Waals surface area contributed by atoms with E-state index in [2.05, 4.69) is 5.32 Å². The first-order chi connectivity index (χ1) is 12.9. The third-order valence-corrected chi connectivity index (χ3v) is 4.11. The highest BCUT2D eigenvalue weighted by molar-refractivity contribution is 6.04. The molecule has 7 nitrogen and oxygen atoms in total. The van der Waals surface area contributed by atoms with E-state index in [0.717, 1.165) is 5.56 Å². The number of carbonyl (C=O) groups excluding carboxylic acids is 2. The Morgan fingerprint density at radius 1 is 1.07 bits per heavy atom. The Kier molecular flexibility index (Phi) is 6.65. The first-order valence-electron chi connectivity index (χ1n) is 8.48. The maximum absolute atomic E-state index is 12.5. The molecular formula is C20H25N3O4. The number of methoxy groups -OCH3 is 2. The van der Waals surface area contributed by atoms with Gasteiger partial charge in [-0.15, -0.1) is 0 Å². The summed E-state index contributed by atoms with van der Waals surface area (Å²) in [7, 11) is 6.27. The number of aryl methyl sites for hydroxylation is 1. The molecule has 0 aliphatic carbocycles. The van der Waals surface area contributed by atoms with E-state index in [4.69, 9.17) is 15.2 Å². The zero-order chi connectivity index (χ0) is 20.0. The third-order valence-electron chi connectivity index (χ3n) is 4.11. The fraction of sp³-hybridized carbons (Fsp3) is 0.300. The van der Waals surface area contributed by atoms with Crippen molar-refractivity contribution in [1.29, 1.82) is 0 Å². The van der Waals surface area contributed by atoms with Gasteiger partial charge in [0.25, 0.3) is 5.91 Å². The fourth-order valence-electron chi connectivity index (χ4n) is 2.62. The van der Waals surface area contributed by atoms with Gasteiger partial charge < -0.3 is 25.4 Å². The predicted octanol–water partition coefficient (Wildman–Crippen LogP) is 2.56. The van der Waals surface area contributed by atoms with E-state index in [1.54, 1.807) is 32.3 Å². The molecule has 2 aromatic carbocycles. The largest absolute Gasteiger partial charge is 0.493 e. The van der Waals surface area contributed by atoms with Gasteiger partial charge in [0.1, 0.15) is 0 Å². The van der Waals surface area contributed by atoms with Crippen molar-refractivity contribution in [1.82, 2.24) is 4.90 Å². The van der Waals surface area contributed by atoms with Gasteiger partial charge in [0, 0.05) is 32.3 Å². The van der Waals surface area contributed by atoms with Crippen molar-refractivity contribution in [3.8, 4) is 11.5 Å². The van der Waals surface area contributed by atoms with Crippen molar-refractivity contribution in [2.24, 2.45) is 0 Å². The molecular weight excluding hydrogens is 346 g/mol. The van der Waals surface area contributed by atoms with Crippen LogP contribution in [-0.2, 0) is 11.2 Å². The number of hydrogen-bond donors (Lipinski definition) is 2. The molecule has 0 saturated heterocycles. The number of rotatable bonds is 7. The summed E-state index contributed by atoms with van der Waals surface area (Å²) < 4.78 is 10.5. The van der Waals surface area contributed by atoms with Crippen LogP contribution < -0.4 is 20.5 Å². The molecule has 0 aromatic heterocycles. The van der Waals surface area contributed by atoms with Gasteiger partial charge in [0.05, 0.1) is 25.5 Å². The minimum atomic E-state index is -0.251. The minimum Gasteiger partial charge on any atom is -0.493 e. The second-order valence-electron chi connectivity index (χ2n) is 6.20. The third kappa shape index (κ3) is 4.91. The molecule has 0 aliphatic rings. The molecule has 0 atom stereocenters. The number of anilines is 2. The molecule has 0 aliphatic heterocycles. The average molecular weight is 371 g/mol. The number of nitrogens with two attached hydrogens (primary N) is 1. The van der Waals surface area contributed by atoms with Crippen LogP contribution in [-0.4, -0.2) is 45.0 Å². The predicted molar refractivity (Wildman–Crippen MR) is 105 cm³/mol. The number of ether oxygens (including phenoxy) is 2. The van der Waals surface area contributed by atoms with Gasteiger partial charge in [0.2, 0.25) is 5.91 Å². The smallest absolute Gasteiger partial charge is 0.255 e. The molecule has 0 unspecified atom stereocenters. The van der Waals surface area contributed by atoms with E-state index >= 15 is 0 Å². The number of nitrogens with one attached hydrogen (secondary N) is 1. The van der Waals surface area contributed by atoms with Gasteiger partial charge in [-0.2, -0.15) is 0 Å². The fourth-order valence-corrected chi connectivity index (χ4v) is 2.62. The van der Waals surface area contributed by atoms with E-state index in [1.165, 1.54) is 19.1 Å². The SMILES string of the molecule is COc1cc(NC(=O)CCc2ccccc2N)c(C(=O)N(C)C)cc1OC. The molecule has 0 heterocycles. The zero-order valence-corrected chi connectivity index (χ0v) is 16.0. The zero-order valence-electron chi connectivity index (χ0n) is 16.0. The summed E-state index contributed by atoms with van der Waals surface area (Å²) in [6.45, 7) is 0. The van der Waals surface area contributed by atoms with Crippen LogP contribution in [0.4, 0.5) is 11.4 Å². The number of amides is 2. The Morgan fingerprint density at radius 2 is 1.70 bits per heavy atom. The maximum Gasteiger partial charge on any atom is 0.255 e. The lowest BCUT2D eigenvalue weighted by molar-refractivity contribution is -0.116. The molecule has 2 rings (SSSR count). The van der Waals surface area contributed by atoms with Crippen LogP contribution in [0.1, 0.15) is 22.3 Å². The van der Waals surface area contributed by atoms with Crippen LogP contribution in [0.25, 0.3) is 0 Å². The van der Waals surface area contributed by atoms with E-state index < -0.39 is 0 Å². The second-order valence-corrected chi connectivity index (χ2v) is 6.20. The maximum atomic E-state index is 12.5. The summed E-state index contributed by atoms with van der Waals surface area (Å²) in [5.41, 5.74) is 8.17. The van der Waals surface area contributed by atoms with Crippen molar-refractivity contribution < 1.29 is 19.1 Å². The van der Waals surface area contributed by atoms with Gasteiger partial charge in [0.15, 0.2) is 11.5 Å². The van der Waals surface area contributed by atoms with Crippen LogP contribution in [0.5, 0.6) is 11.5 Å². The Hall–Kier alpha value is -3.22. The highest BCUT2D eigenvalue weighted by atomic mass is 16.5. The van der Waals surface area contributed by atoms with E-state index in [1.807, 2.05) is 18.2 Å². The van der Waals surface area contributed by atoms with Crippen LogP contribution in [0.2, 0.25) is 0 Å². The normalized spacial score (nSPS) is 10.2. The average Bonchev–Trinajstić information content (AvgIpc) is 2.66.